The second-order valence-corrected chi connectivity index (χ2v) is 7.45. The summed E-state index contributed by atoms with van der Waals surface area (Å²) >= 11 is 0. The summed E-state index contributed by atoms with van der Waals surface area (Å²) in [5.74, 6) is 1.15. The average Bonchev–Trinajstić information content (AvgIpc) is 3.22. The number of aromatic nitrogens is 4. The van der Waals surface area contributed by atoms with E-state index in [1.807, 2.05) is 17.6 Å². The zero-order chi connectivity index (χ0) is 21.4. The predicted molar refractivity (Wildman–Crippen MR) is 119 cm³/mol. The Balaban J connectivity index is 1.56. The van der Waals surface area contributed by atoms with Gasteiger partial charge in [0.15, 0.2) is 17.0 Å². The van der Waals surface area contributed by atoms with Gasteiger partial charge in [-0.2, -0.15) is 9.97 Å². The fourth-order valence-electron chi connectivity index (χ4n) is 3.89. The highest BCUT2D eigenvalue weighted by atomic mass is 16.6. The van der Waals surface area contributed by atoms with Crippen LogP contribution in [0.1, 0.15) is 18.1 Å². The Bertz CT molecular complexity index is 1280. The Morgan fingerprint density at radius 2 is 1.97 bits per heavy atom. The van der Waals surface area contributed by atoms with Gasteiger partial charge in [0.2, 0.25) is 5.95 Å². The lowest BCUT2D eigenvalue weighted by Gasteiger charge is -2.29. The van der Waals surface area contributed by atoms with Crippen LogP contribution in [0.2, 0.25) is 0 Å². The quantitative estimate of drug-likeness (QED) is 0.387. The zero-order valence-corrected chi connectivity index (χ0v) is 17.0. The van der Waals surface area contributed by atoms with E-state index in [2.05, 4.69) is 33.4 Å². The third kappa shape index (κ3) is 3.54. The maximum atomic E-state index is 11.2. The monoisotopic (exact) mass is 415 g/mol. The molecule has 0 aliphatic carbocycles. The Morgan fingerprint density at radius 1 is 1.13 bits per heavy atom. The lowest BCUT2D eigenvalue weighted by atomic mass is 10.0. The number of nitro groups is 1. The molecule has 1 aliphatic rings. The van der Waals surface area contributed by atoms with Gasteiger partial charge in [0.05, 0.1) is 11.3 Å². The van der Waals surface area contributed by atoms with Crippen LogP contribution in [0.4, 0.5) is 23.1 Å². The number of fused-ring (bicyclic) bond motifs is 2. The molecule has 31 heavy (non-hydrogen) atoms. The second kappa shape index (κ2) is 7.67. The van der Waals surface area contributed by atoms with Gasteiger partial charge in [-0.25, -0.2) is 4.98 Å². The molecule has 2 aromatic carbocycles. The molecule has 2 aromatic heterocycles. The van der Waals surface area contributed by atoms with Gasteiger partial charge in [0.1, 0.15) is 0 Å². The van der Waals surface area contributed by atoms with E-state index in [9.17, 15) is 10.1 Å². The molecule has 3 heterocycles. The number of nitro benzene ring substituents is 1. The first-order valence-corrected chi connectivity index (χ1v) is 10.2. The largest absolute Gasteiger partial charge is 0.338 e. The molecule has 0 spiro atoms. The third-order valence-electron chi connectivity index (χ3n) is 5.53. The first kappa shape index (κ1) is 19.0. The molecule has 4 aromatic rings. The molecular weight excluding hydrogens is 394 g/mol. The Labute approximate surface area is 178 Å². The summed E-state index contributed by atoms with van der Waals surface area (Å²) in [5, 5.41) is 14.4. The van der Waals surface area contributed by atoms with Crippen LogP contribution in [0.25, 0.3) is 11.2 Å². The van der Waals surface area contributed by atoms with Crippen molar-refractivity contribution in [3.05, 3.63) is 76.1 Å². The standard InChI is InChI=1S/C22H21N7O2/c1-2-27-14-23-19-20(24-17-8-5-9-18(12-17)29(30)31)25-22(26-21(19)27)28-11-10-15-6-3-4-7-16(15)13-28/h3-9,12,14H,2,10-11,13H2,1H3,(H,24,25,26). The highest BCUT2D eigenvalue weighted by Gasteiger charge is 2.21. The summed E-state index contributed by atoms with van der Waals surface area (Å²) < 4.78 is 1.97. The molecule has 0 bridgehead atoms. The molecule has 0 saturated carbocycles. The zero-order valence-electron chi connectivity index (χ0n) is 17.0. The van der Waals surface area contributed by atoms with E-state index in [-0.39, 0.29) is 5.69 Å². The molecule has 0 saturated heterocycles. The fourth-order valence-corrected chi connectivity index (χ4v) is 3.89. The lowest BCUT2D eigenvalue weighted by molar-refractivity contribution is -0.384. The molecule has 0 atom stereocenters. The number of anilines is 3. The molecule has 1 N–H and O–H groups in total. The number of nitrogens with zero attached hydrogens (tertiary/aromatic N) is 6. The first-order valence-electron chi connectivity index (χ1n) is 10.2. The van der Waals surface area contributed by atoms with Gasteiger partial charge in [0, 0.05) is 37.5 Å². The number of aryl methyl sites for hydroxylation is 1. The van der Waals surface area contributed by atoms with Crippen molar-refractivity contribution in [1.29, 1.82) is 0 Å². The molecule has 0 unspecified atom stereocenters. The SMILES string of the molecule is CCn1cnc2c(Nc3cccc([N+](=O)[O-])c3)nc(N3CCc4ccccc4C3)nc21. The van der Waals surface area contributed by atoms with E-state index in [1.165, 1.54) is 23.3 Å². The minimum atomic E-state index is -0.414. The molecule has 9 nitrogen and oxygen atoms in total. The van der Waals surface area contributed by atoms with Crippen LogP contribution in [0, 0.1) is 10.1 Å². The highest BCUT2D eigenvalue weighted by molar-refractivity contribution is 5.86. The van der Waals surface area contributed by atoms with E-state index in [0.717, 1.165) is 31.7 Å². The number of rotatable bonds is 5. The van der Waals surface area contributed by atoms with E-state index in [0.29, 0.717) is 23.0 Å². The summed E-state index contributed by atoms with van der Waals surface area (Å²) in [4.78, 5) is 27.0. The molecule has 1 aliphatic heterocycles. The molecule has 0 amide bonds. The van der Waals surface area contributed by atoms with Gasteiger partial charge in [-0.05, 0) is 30.5 Å². The number of hydrogen-bond donors (Lipinski definition) is 1. The maximum absolute atomic E-state index is 11.2. The fraction of sp³-hybridized carbons (Fsp3) is 0.227. The number of benzene rings is 2. The van der Waals surface area contributed by atoms with Crippen LogP contribution >= 0.6 is 0 Å². The summed E-state index contributed by atoms with van der Waals surface area (Å²) in [6.45, 7) is 4.32. The molecule has 5 rings (SSSR count). The van der Waals surface area contributed by atoms with Crippen LogP contribution in [-0.4, -0.2) is 31.0 Å². The maximum Gasteiger partial charge on any atom is 0.271 e. The number of non-ortho nitro benzene ring substituents is 1. The van der Waals surface area contributed by atoms with E-state index >= 15 is 0 Å². The van der Waals surface area contributed by atoms with Crippen LogP contribution in [0.3, 0.4) is 0 Å². The van der Waals surface area contributed by atoms with Crippen molar-refractivity contribution in [2.45, 2.75) is 26.4 Å². The molecule has 0 radical (unpaired) electrons. The van der Waals surface area contributed by atoms with Gasteiger partial charge in [-0.3, -0.25) is 10.1 Å². The Hall–Kier alpha value is -4.01. The van der Waals surface area contributed by atoms with E-state index < -0.39 is 4.92 Å². The van der Waals surface area contributed by atoms with Crippen LogP contribution in [0.15, 0.2) is 54.9 Å². The summed E-state index contributed by atoms with van der Waals surface area (Å²) in [7, 11) is 0. The molecule has 0 fully saturated rings. The summed E-state index contributed by atoms with van der Waals surface area (Å²) in [6, 6.07) is 14.8. The van der Waals surface area contributed by atoms with Gasteiger partial charge in [-0.1, -0.05) is 30.3 Å². The van der Waals surface area contributed by atoms with Crippen molar-refractivity contribution < 1.29 is 4.92 Å². The van der Waals surface area contributed by atoms with Gasteiger partial charge < -0.3 is 14.8 Å². The predicted octanol–water partition coefficient (Wildman–Crippen LogP) is 4.06. The van der Waals surface area contributed by atoms with E-state index in [1.54, 1.807) is 18.5 Å². The minimum absolute atomic E-state index is 0.0160. The summed E-state index contributed by atoms with van der Waals surface area (Å²) in [6.07, 6.45) is 2.67. The van der Waals surface area contributed by atoms with Gasteiger partial charge in [-0.15, -0.1) is 0 Å². The Morgan fingerprint density at radius 3 is 2.77 bits per heavy atom. The van der Waals surface area contributed by atoms with Crippen molar-refractivity contribution in [3.63, 3.8) is 0 Å². The van der Waals surface area contributed by atoms with Gasteiger partial charge >= 0.3 is 0 Å². The third-order valence-corrected chi connectivity index (χ3v) is 5.53. The number of hydrogen-bond acceptors (Lipinski definition) is 7. The molecular formula is C22H21N7O2. The molecule has 156 valence electrons. The molecule has 9 heteroatoms. The van der Waals surface area contributed by atoms with Crippen LogP contribution < -0.4 is 10.2 Å². The smallest absolute Gasteiger partial charge is 0.271 e. The van der Waals surface area contributed by atoms with E-state index in [4.69, 9.17) is 9.97 Å². The average molecular weight is 415 g/mol. The van der Waals surface area contributed by atoms with Crippen molar-refractivity contribution in [2.24, 2.45) is 0 Å². The first-order chi connectivity index (χ1) is 15.1. The van der Waals surface area contributed by atoms with Crippen LogP contribution in [0.5, 0.6) is 0 Å². The normalized spacial score (nSPS) is 13.3. The topological polar surface area (TPSA) is 102 Å². The van der Waals surface area contributed by atoms with Crippen molar-refractivity contribution in [3.8, 4) is 0 Å². The van der Waals surface area contributed by atoms with Gasteiger partial charge in [0.25, 0.3) is 5.69 Å². The minimum Gasteiger partial charge on any atom is -0.338 e. The highest BCUT2D eigenvalue weighted by Crippen LogP contribution is 2.29. The van der Waals surface area contributed by atoms with Crippen LogP contribution in [-0.2, 0) is 19.5 Å². The van der Waals surface area contributed by atoms with Crippen molar-refractivity contribution in [2.75, 3.05) is 16.8 Å². The number of nitrogens with one attached hydrogen (secondary N) is 1. The lowest BCUT2D eigenvalue weighted by Crippen LogP contribution is -2.32. The second-order valence-electron chi connectivity index (χ2n) is 7.45. The summed E-state index contributed by atoms with van der Waals surface area (Å²) in [5.41, 5.74) is 4.59. The number of imidazole rings is 1. The van der Waals surface area contributed by atoms with Crippen molar-refractivity contribution in [1.82, 2.24) is 19.5 Å². The Kier molecular flexibility index (Phi) is 4.70. The van der Waals surface area contributed by atoms with Crippen molar-refractivity contribution >= 4 is 34.3 Å².